The molecule has 0 bridgehead atoms. The molecule has 6 fully saturated rings. The van der Waals surface area contributed by atoms with Crippen LogP contribution < -0.4 is 5.32 Å². The van der Waals surface area contributed by atoms with E-state index in [1.54, 1.807) is 0 Å². The Labute approximate surface area is 338 Å². The number of carbonyl (C=O) groups is 3. The van der Waals surface area contributed by atoms with Gasteiger partial charge in [-0.3, -0.25) is 19.3 Å². The van der Waals surface area contributed by atoms with Gasteiger partial charge in [0.15, 0.2) is 5.78 Å². The van der Waals surface area contributed by atoms with Crippen molar-refractivity contribution in [1.29, 1.82) is 0 Å². The number of hydrogen-bond acceptors (Lipinski definition) is 8. The number of hydrogen-bond donors (Lipinski definition) is 3. The third kappa shape index (κ3) is 6.31. The molecule has 6 aliphatic carbocycles. The van der Waals surface area contributed by atoms with E-state index in [9.17, 15) is 24.6 Å². The number of ketones is 1. The molecule has 3 N–H and O–H groups in total. The molecular formula is C47H77N3O6. The van der Waals surface area contributed by atoms with Gasteiger partial charge in [-0.2, -0.15) is 0 Å². The number of carboxylic acid groups (broad SMARTS) is 1. The van der Waals surface area contributed by atoms with Crippen LogP contribution in [0.3, 0.4) is 0 Å². The Balaban J connectivity index is 1.08. The Morgan fingerprint density at radius 3 is 2.14 bits per heavy atom. The Hall–Kier alpha value is -1.81. The monoisotopic (exact) mass is 780 g/mol. The number of esters is 1. The van der Waals surface area contributed by atoms with Gasteiger partial charge in [0, 0.05) is 63.1 Å². The van der Waals surface area contributed by atoms with E-state index in [2.05, 4.69) is 70.5 Å². The predicted molar refractivity (Wildman–Crippen MR) is 220 cm³/mol. The Kier molecular flexibility index (Phi) is 11.1. The maximum Gasteiger partial charge on any atom is 0.309 e. The maximum absolute atomic E-state index is 14.1. The van der Waals surface area contributed by atoms with Gasteiger partial charge in [-0.15, -0.1) is 0 Å². The minimum absolute atomic E-state index is 0.0191. The van der Waals surface area contributed by atoms with E-state index in [1.165, 1.54) is 5.57 Å². The van der Waals surface area contributed by atoms with Gasteiger partial charge >= 0.3 is 11.9 Å². The van der Waals surface area contributed by atoms with Gasteiger partial charge in [-0.05, 0) is 115 Å². The molecule has 7 rings (SSSR count). The number of Topliss-reactive ketones (excluding diaryl/α,β-unsaturated/α-hetero) is 1. The first-order valence-corrected chi connectivity index (χ1v) is 22.7. The standard InChI is InChI=1S/C47H77N3O6/c1-11-49-22-24-50(25-23-49)21-20-48-28-36(52)47-19-18-45(9)30(39(47)38(29(2)3)33(51)27-47)12-13-35-44(8)16-15-37(43(6,7)34(44)14-17-46(35,45)10)56-41(55)32-26-31(40(53)54)42(32,4)5/h29-32,34-37,48,52H,11-28H2,1-10H3,(H,53,54)/t30-,31+,32-,34+,35-,36+,37+,44+,45-,46-,47+/m1/s1. The largest absolute Gasteiger partial charge is 0.481 e. The van der Waals surface area contributed by atoms with Gasteiger partial charge in [0.05, 0.1) is 17.9 Å². The van der Waals surface area contributed by atoms with Crippen LogP contribution in [0.5, 0.6) is 0 Å². The van der Waals surface area contributed by atoms with Crippen molar-refractivity contribution in [2.24, 2.45) is 68.0 Å². The van der Waals surface area contributed by atoms with Gasteiger partial charge in [0.2, 0.25) is 0 Å². The van der Waals surface area contributed by atoms with Crippen LogP contribution in [-0.2, 0) is 19.1 Å². The van der Waals surface area contributed by atoms with Gasteiger partial charge in [0.1, 0.15) is 6.10 Å². The number of carboxylic acids is 1. The summed E-state index contributed by atoms with van der Waals surface area (Å²) in [6.45, 7) is 30.7. The number of ether oxygens (including phenoxy) is 1. The second-order valence-corrected chi connectivity index (χ2v) is 22.1. The zero-order valence-electron chi connectivity index (χ0n) is 36.8. The second-order valence-electron chi connectivity index (χ2n) is 22.1. The number of aliphatic carboxylic acids is 1. The number of nitrogens with zero attached hydrogens (tertiary/aromatic N) is 2. The van der Waals surface area contributed by atoms with Crippen LogP contribution in [0.2, 0.25) is 0 Å². The van der Waals surface area contributed by atoms with E-state index in [4.69, 9.17) is 4.74 Å². The average molecular weight is 780 g/mol. The molecule has 9 nitrogen and oxygen atoms in total. The molecule has 7 aliphatic rings. The summed E-state index contributed by atoms with van der Waals surface area (Å²) in [5, 5.41) is 25.6. The molecule has 0 aromatic heterocycles. The molecule has 0 spiro atoms. The highest BCUT2D eigenvalue weighted by Crippen LogP contribution is 2.77. The van der Waals surface area contributed by atoms with Crippen molar-refractivity contribution in [1.82, 2.24) is 15.1 Å². The number of fused-ring (bicyclic) bond motifs is 7. The number of nitrogens with one attached hydrogen (secondary N) is 1. The number of likely N-dealkylation sites (N-methyl/N-ethyl adjacent to an activating group) is 1. The SMILES string of the molecule is CCN1CCN(CCNC[C@H](O)[C@@]23CC[C@]4(C)[C@H](CC[C@@H]5[C@@]6(C)CC[C@H](OC(=O)[C@H]7C[C@@H](C(=O)O)C7(C)C)C(C)(C)[C@@H]6CC[C@]54C)C2=C(C(C)C)C(=O)C3)CC1. The molecule has 0 amide bonds. The smallest absolute Gasteiger partial charge is 0.309 e. The predicted octanol–water partition coefficient (Wildman–Crippen LogP) is 7.21. The van der Waals surface area contributed by atoms with Crippen LogP contribution in [0.1, 0.15) is 133 Å². The molecule has 5 saturated carbocycles. The van der Waals surface area contributed by atoms with Crippen LogP contribution in [0.4, 0.5) is 0 Å². The van der Waals surface area contributed by atoms with E-state index in [-0.39, 0.29) is 57.3 Å². The second kappa shape index (κ2) is 14.7. The number of rotatable bonds is 11. The quantitative estimate of drug-likeness (QED) is 0.148. The molecule has 1 aliphatic heterocycles. The zero-order chi connectivity index (χ0) is 40.8. The van der Waals surface area contributed by atoms with E-state index >= 15 is 0 Å². The van der Waals surface area contributed by atoms with Crippen LogP contribution in [0, 0.1) is 68.0 Å². The Morgan fingerprint density at radius 1 is 0.839 bits per heavy atom. The lowest BCUT2D eigenvalue weighted by Crippen LogP contribution is -2.66. The Bertz CT molecular complexity index is 1580. The highest BCUT2D eigenvalue weighted by molar-refractivity contribution is 6.00. The molecule has 9 heteroatoms. The normalized spacial score (nSPS) is 42.6. The molecule has 1 saturated heterocycles. The van der Waals surface area contributed by atoms with Crippen molar-refractivity contribution in [2.45, 2.75) is 146 Å². The van der Waals surface area contributed by atoms with E-state index in [0.29, 0.717) is 31.2 Å². The first kappa shape index (κ1) is 42.3. The third-order valence-electron chi connectivity index (χ3n) is 19.0. The molecule has 0 radical (unpaired) electrons. The van der Waals surface area contributed by atoms with Crippen LogP contribution in [0.25, 0.3) is 0 Å². The third-order valence-corrected chi connectivity index (χ3v) is 19.0. The molecular weight excluding hydrogens is 703 g/mol. The number of aliphatic hydroxyl groups excluding tert-OH is 1. The summed E-state index contributed by atoms with van der Waals surface area (Å²) in [6, 6.07) is 0. The fourth-order valence-electron chi connectivity index (χ4n) is 15.2. The minimum Gasteiger partial charge on any atom is -0.481 e. The number of aliphatic hydroxyl groups is 1. The lowest BCUT2D eigenvalue weighted by Gasteiger charge is -2.72. The molecule has 0 aromatic rings. The summed E-state index contributed by atoms with van der Waals surface area (Å²) in [6.07, 6.45) is 8.19. The lowest BCUT2D eigenvalue weighted by atomic mass is 9.33. The van der Waals surface area contributed by atoms with E-state index in [1.807, 2.05) is 13.8 Å². The molecule has 316 valence electrons. The molecule has 0 unspecified atom stereocenters. The van der Waals surface area contributed by atoms with Gasteiger partial charge in [-0.25, -0.2) is 0 Å². The highest BCUT2D eigenvalue weighted by atomic mass is 16.5. The number of allylic oxidation sites excluding steroid dienone is 1. The van der Waals surface area contributed by atoms with Gasteiger partial charge < -0.3 is 25.2 Å². The maximum atomic E-state index is 14.1. The van der Waals surface area contributed by atoms with E-state index < -0.39 is 28.8 Å². The fraction of sp³-hybridized carbons (Fsp3) is 0.894. The van der Waals surface area contributed by atoms with Gasteiger partial charge in [-0.1, -0.05) is 74.8 Å². The molecule has 56 heavy (non-hydrogen) atoms. The van der Waals surface area contributed by atoms with E-state index in [0.717, 1.165) is 103 Å². The summed E-state index contributed by atoms with van der Waals surface area (Å²) in [5.41, 5.74) is 1.29. The van der Waals surface area contributed by atoms with Crippen molar-refractivity contribution >= 4 is 17.7 Å². The summed E-state index contributed by atoms with van der Waals surface area (Å²) in [7, 11) is 0. The summed E-state index contributed by atoms with van der Waals surface area (Å²) >= 11 is 0. The number of piperazine rings is 1. The van der Waals surface area contributed by atoms with Crippen LogP contribution in [-0.4, -0.2) is 102 Å². The number of carbonyl (C=O) groups excluding carboxylic acids is 2. The van der Waals surface area contributed by atoms with Crippen LogP contribution >= 0.6 is 0 Å². The van der Waals surface area contributed by atoms with Crippen molar-refractivity contribution in [3.05, 3.63) is 11.1 Å². The lowest BCUT2D eigenvalue weighted by molar-refractivity contribution is -0.238. The first-order chi connectivity index (χ1) is 26.2. The van der Waals surface area contributed by atoms with Crippen molar-refractivity contribution in [3.63, 3.8) is 0 Å². The molecule has 11 atom stereocenters. The molecule has 1 heterocycles. The zero-order valence-corrected chi connectivity index (χ0v) is 36.8. The Morgan fingerprint density at radius 2 is 1.52 bits per heavy atom. The summed E-state index contributed by atoms with van der Waals surface area (Å²) < 4.78 is 6.43. The van der Waals surface area contributed by atoms with Crippen molar-refractivity contribution in [2.75, 3.05) is 52.4 Å². The topological polar surface area (TPSA) is 119 Å². The first-order valence-electron chi connectivity index (χ1n) is 22.7. The minimum atomic E-state index is -0.822. The molecule has 0 aromatic carbocycles. The summed E-state index contributed by atoms with van der Waals surface area (Å²) in [5.74, 6) is -0.279. The highest BCUT2D eigenvalue weighted by Gasteiger charge is 2.71. The van der Waals surface area contributed by atoms with Gasteiger partial charge in [0.25, 0.3) is 0 Å². The van der Waals surface area contributed by atoms with Crippen molar-refractivity contribution in [3.8, 4) is 0 Å². The average Bonchev–Trinajstić information content (AvgIpc) is 3.44. The fourth-order valence-corrected chi connectivity index (χ4v) is 15.2. The van der Waals surface area contributed by atoms with Crippen molar-refractivity contribution < 1.29 is 29.3 Å². The summed E-state index contributed by atoms with van der Waals surface area (Å²) in [4.78, 5) is 44.6. The van der Waals surface area contributed by atoms with Crippen LogP contribution in [0.15, 0.2) is 11.1 Å².